The minimum Gasteiger partial charge on any atom is -0.353 e. The van der Waals surface area contributed by atoms with Crippen LogP contribution < -0.4 is 5.32 Å². The van der Waals surface area contributed by atoms with E-state index in [9.17, 15) is 4.79 Å². The van der Waals surface area contributed by atoms with Crippen LogP contribution in [-0.2, 0) is 4.79 Å². The van der Waals surface area contributed by atoms with E-state index in [0.717, 1.165) is 4.47 Å². The Hall–Kier alpha value is -1.09. The van der Waals surface area contributed by atoms with Crippen molar-refractivity contribution in [2.24, 2.45) is 0 Å². The molecular weight excluding hydrogens is 266 g/mol. The minimum absolute atomic E-state index is 0.00565. The molecule has 0 saturated heterocycles. The van der Waals surface area contributed by atoms with Gasteiger partial charge in [-0.25, -0.2) is 0 Å². The van der Waals surface area contributed by atoms with E-state index >= 15 is 0 Å². The first-order valence-electron chi connectivity index (χ1n) is 5.18. The molecule has 0 bridgehead atoms. The molecule has 1 rings (SSSR count). The molecule has 1 amide bonds. The number of amides is 1. The highest BCUT2D eigenvalue weighted by atomic mass is 79.9. The van der Waals surface area contributed by atoms with E-state index < -0.39 is 0 Å². The summed E-state index contributed by atoms with van der Waals surface area (Å²) in [7, 11) is 0. The van der Waals surface area contributed by atoms with Crippen LogP contribution in [0.25, 0.3) is 6.08 Å². The van der Waals surface area contributed by atoms with Crippen molar-refractivity contribution in [1.29, 1.82) is 0 Å². The van der Waals surface area contributed by atoms with Crippen LogP contribution in [0.4, 0.5) is 0 Å². The van der Waals surface area contributed by atoms with Gasteiger partial charge >= 0.3 is 0 Å². The number of carbonyl (C=O) groups is 1. The number of benzene rings is 1. The van der Waals surface area contributed by atoms with Crippen LogP contribution in [0.1, 0.15) is 23.6 Å². The molecule has 0 heterocycles. The van der Waals surface area contributed by atoms with Gasteiger partial charge in [-0.15, -0.1) is 0 Å². The van der Waals surface area contributed by atoms with Gasteiger partial charge in [-0.3, -0.25) is 4.79 Å². The molecule has 0 saturated carbocycles. The predicted molar refractivity (Wildman–Crippen MR) is 71.3 cm³/mol. The number of aryl methyl sites for hydroxylation is 2. The summed E-state index contributed by atoms with van der Waals surface area (Å²) in [6.07, 6.45) is 4.01. The number of hydrogen-bond donors (Lipinski definition) is 1. The molecule has 86 valence electrons. The zero-order valence-corrected chi connectivity index (χ0v) is 11.4. The van der Waals surface area contributed by atoms with E-state index in [4.69, 9.17) is 0 Å². The number of carbonyl (C=O) groups excluding carboxylic acids is 1. The fourth-order valence-electron chi connectivity index (χ4n) is 1.56. The van der Waals surface area contributed by atoms with Crippen LogP contribution in [0.15, 0.2) is 22.7 Å². The molecule has 0 spiro atoms. The Labute approximate surface area is 105 Å². The maximum atomic E-state index is 10.7. The van der Waals surface area contributed by atoms with E-state index in [1.54, 1.807) is 0 Å². The van der Waals surface area contributed by atoms with Gasteiger partial charge in [-0.05, 0) is 42.7 Å². The Morgan fingerprint density at radius 3 is 2.44 bits per heavy atom. The van der Waals surface area contributed by atoms with Crippen molar-refractivity contribution in [3.8, 4) is 0 Å². The highest BCUT2D eigenvalue weighted by Gasteiger charge is 2.00. The van der Waals surface area contributed by atoms with Crippen molar-refractivity contribution >= 4 is 27.9 Å². The quantitative estimate of drug-likeness (QED) is 0.906. The number of halogens is 1. The zero-order chi connectivity index (χ0) is 12.1. The van der Waals surface area contributed by atoms with Gasteiger partial charge in [0.25, 0.3) is 0 Å². The lowest BCUT2D eigenvalue weighted by Gasteiger charge is -2.06. The molecule has 1 aromatic rings. The summed E-state index contributed by atoms with van der Waals surface area (Å²) < 4.78 is 1.10. The monoisotopic (exact) mass is 281 g/mol. The van der Waals surface area contributed by atoms with Gasteiger partial charge < -0.3 is 5.32 Å². The van der Waals surface area contributed by atoms with Crippen molar-refractivity contribution < 1.29 is 4.79 Å². The van der Waals surface area contributed by atoms with Crippen molar-refractivity contribution in [2.75, 3.05) is 6.54 Å². The highest BCUT2D eigenvalue weighted by molar-refractivity contribution is 9.10. The molecule has 0 aliphatic heterocycles. The largest absolute Gasteiger partial charge is 0.353 e. The first-order valence-corrected chi connectivity index (χ1v) is 5.97. The van der Waals surface area contributed by atoms with Crippen LogP contribution in [-0.4, -0.2) is 12.5 Å². The molecule has 0 aliphatic rings. The molecule has 1 aromatic carbocycles. The molecule has 0 radical (unpaired) electrons. The maximum absolute atomic E-state index is 10.7. The smallest absolute Gasteiger partial charge is 0.217 e. The first-order chi connectivity index (χ1) is 7.50. The highest BCUT2D eigenvalue weighted by Crippen LogP contribution is 2.21. The lowest BCUT2D eigenvalue weighted by molar-refractivity contribution is -0.118. The second-order valence-corrected chi connectivity index (χ2v) is 4.71. The summed E-state index contributed by atoms with van der Waals surface area (Å²) in [5.74, 6) is -0.00565. The third kappa shape index (κ3) is 3.81. The van der Waals surface area contributed by atoms with Crippen molar-refractivity contribution in [1.82, 2.24) is 5.32 Å². The lowest BCUT2D eigenvalue weighted by Crippen LogP contribution is -2.19. The molecule has 0 unspecified atom stereocenters. The number of nitrogens with one attached hydrogen (secondary N) is 1. The van der Waals surface area contributed by atoms with E-state index in [1.165, 1.54) is 23.6 Å². The van der Waals surface area contributed by atoms with Crippen LogP contribution >= 0.6 is 15.9 Å². The second kappa shape index (κ2) is 5.85. The summed E-state index contributed by atoms with van der Waals surface area (Å²) in [6, 6.07) is 4.18. The minimum atomic E-state index is -0.00565. The van der Waals surface area contributed by atoms with Gasteiger partial charge in [0, 0.05) is 17.9 Å². The fraction of sp³-hybridized carbons (Fsp3) is 0.308. The van der Waals surface area contributed by atoms with Crippen LogP contribution in [0, 0.1) is 13.8 Å². The van der Waals surface area contributed by atoms with E-state index in [2.05, 4.69) is 47.2 Å². The summed E-state index contributed by atoms with van der Waals surface area (Å²) in [5.41, 5.74) is 3.67. The molecule has 16 heavy (non-hydrogen) atoms. The molecule has 1 N–H and O–H groups in total. The molecule has 0 aromatic heterocycles. The normalized spacial score (nSPS) is 10.8. The lowest BCUT2D eigenvalue weighted by atomic mass is 10.0. The van der Waals surface area contributed by atoms with Crippen molar-refractivity contribution in [2.45, 2.75) is 20.8 Å². The third-order valence-electron chi connectivity index (χ3n) is 2.31. The molecule has 3 heteroatoms. The molecule has 0 fully saturated rings. The van der Waals surface area contributed by atoms with Gasteiger partial charge in [0.2, 0.25) is 5.91 Å². The molecule has 0 atom stereocenters. The summed E-state index contributed by atoms with van der Waals surface area (Å²) in [4.78, 5) is 10.7. The average Bonchev–Trinajstić information content (AvgIpc) is 2.14. The van der Waals surface area contributed by atoms with E-state index in [-0.39, 0.29) is 5.91 Å². The van der Waals surface area contributed by atoms with E-state index in [1.807, 2.05) is 12.2 Å². The predicted octanol–water partition coefficient (Wildman–Crippen LogP) is 3.22. The molecular formula is C13H16BrNO. The van der Waals surface area contributed by atoms with E-state index in [0.29, 0.717) is 6.54 Å². The topological polar surface area (TPSA) is 29.1 Å². The fourth-order valence-corrected chi connectivity index (χ4v) is 2.25. The first kappa shape index (κ1) is 13.0. The Bertz CT molecular complexity index is 401. The van der Waals surface area contributed by atoms with Gasteiger partial charge in [-0.1, -0.05) is 28.1 Å². The van der Waals surface area contributed by atoms with Crippen molar-refractivity contribution in [3.05, 3.63) is 39.4 Å². The maximum Gasteiger partial charge on any atom is 0.217 e. The third-order valence-corrected chi connectivity index (χ3v) is 2.77. The molecule has 0 aliphatic carbocycles. The summed E-state index contributed by atoms with van der Waals surface area (Å²) in [5, 5.41) is 2.73. The SMILES string of the molecule is CC(=O)NCC=Cc1c(C)cc(Br)cc1C. The second-order valence-electron chi connectivity index (χ2n) is 3.79. The van der Waals surface area contributed by atoms with Gasteiger partial charge in [-0.2, -0.15) is 0 Å². The zero-order valence-electron chi connectivity index (χ0n) is 9.80. The van der Waals surface area contributed by atoms with Crippen LogP contribution in [0.3, 0.4) is 0 Å². The Morgan fingerprint density at radius 2 is 1.94 bits per heavy atom. The average molecular weight is 282 g/mol. The summed E-state index contributed by atoms with van der Waals surface area (Å²) >= 11 is 3.47. The number of hydrogen-bond acceptors (Lipinski definition) is 1. The van der Waals surface area contributed by atoms with Crippen molar-refractivity contribution in [3.63, 3.8) is 0 Å². The standard InChI is InChI=1S/C13H16BrNO/c1-9-7-12(14)8-10(2)13(9)5-4-6-15-11(3)16/h4-5,7-8H,6H2,1-3H3,(H,15,16). The Kier molecular flexibility index (Phi) is 4.74. The Balaban J connectivity index is 2.77. The number of rotatable bonds is 3. The van der Waals surface area contributed by atoms with Gasteiger partial charge in [0.05, 0.1) is 0 Å². The van der Waals surface area contributed by atoms with Gasteiger partial charge in [0.15, 0.2) is 0 Å². The molecule has 2 nitrogen and oxygen atoms in total. The van der Waals surface area contributed by atoms with Crippen LogP contribution in [0.2, 0.25) is 0 Å². The Morgan fingerprint density at radius 1 is 1.38 bits per heavy atom. The van der Waals surface area contributed by atoms with Gasteiger partial charge in [0.1, 0.15) is 0 Å². The summed E-state index contributed by atoms with van der Waals surface area (Å²) in [6.45, 7) is 6.25. The van der Waals surface area contributed by atoms with Crippen LogP contribution in [0.5, 0.6) is 0 Å².